The summed E-state index contributed by atoms with van der Waals surface area (Å²) in [6, 6.07) is 7.66. The molecule has 0 aliphatic carbocycles. The van der Waals surface area contributed by atoms with E-state index in [0.717, 1.165) is 10.2 Å². The van der Waals surface area contributed by atoms with Gasteiger partial charge >= 0.3 is 5.97 Å². The van der Waals surface area contributed by atoms with Gasteiger partial charge in [-0.1, -0.05) is 23.5 Å². The van der Waals surface area contributed by atoms with Gasteiger partial charge in [0.15, 0.2) is 0 Å². The zero-order chi connectivity index (χ0) is 9.26. The van der Waals surface area contributed by atoms with Gasteiger partial charge in [0.05, 0.1) is 10.2 Å². The highest BCUT2D eigenvalue weighted by atomic mass is 32.1. The summed E-state index contributed by atoms with van der Waals surface area (Å²) in [6.07, 6.45) is 0. The van der Waals surface area contributed by atoms with E-state index in [4.69, 9.17) is 4.74 Å². The fourth-order valence-electron chi connectivity index (χ4n) is 1.02. The van der Waals surface area contributed by atoms with Crippen LogP contribution in [-0.4, -0.2) is 11.0 Å². The van der Waals surface area contributed by atoms with Crippen molar-refractivity contribution in [2.45, 2.75) is 6.92 Å². The van der Waals surface area contributed by atoms with Gasteiger partial charge in [0.25, 0.3) is 5.19 Å². The Morgan fingerprint density at radius 1 is 1.46 bits per heavy atom. The van der Waals surface area contributed by atoms with Crippen molar-refractivity contribution >= 4 is 27.5 Å². The van der Waals surface area contributed by atoms with Crippen LogP contribution < -0.4 is 4.74 Å². The molecule has 0 aliphatic rings. The molecule has 0 fully saturated rings. The van der Waals surface area contributed by atoms with E-state index < -0.39 is 0 Å². The molecule has 13 heavy (non-hydrogen) atoms. The molecule has 3 nitrogen and oxygen atoms in total. The van der Waals surface area contributed by atoms with E-state index in [1.807, 2.05) is 24.3 Å². The summed E-state index contributed by atoms with van der Waals surface area (Å²) in [7, 11) is 0. The number of carbonyl (C=O) groups excluding carboxylic acids is 1. The molecule has 0 spiro atoms. The van der Waals surface area contributed by atoms with Gasteiger partial charge in [-0.2, -0.15) is 0 Å². The maximum atomic E-state index is 10.6. The minimum absolute atomic E-state index is 0.334. The number of benzene rings is 1. The third-order valence-corrected chi connectivity index (χ3v) is 2.42. The quantitative estimate of drug-likeness (QED) is 0.652. The molecule has 0 atom stereocenters. The first-order chi connectivity index (χ1) is 6.25. The summed E-state index contributed by atoms with van der Waals surface area (Å²) in [6.45, 7) is 1.37. The summed E-state index contributed by atoms with van der Waals surface area (Å²) in [5.74, 6) is -0.334. The van der Waals surface area contributed by atoms with Crippen molar-refractivity contribution in [3.63, 3.8) is 0 Å². The Bertz CT molecular complexity index is 417. The number of carbonyl (C=O) groups is 1. The summed E-state index contributed by atoms with van der Waals surface area (Å²) in [5, 5.41) is 0.411. The number of esters is 1. The summed E-state index contributed by atoms with van der Waals surface area (Å²) >= 11 is 1.37. The van der Waals surface area contributed by atoms with Crippen molar-refractivity contribution in [2.75, 3.05) is 0 Å². The van der Waals surface area contributed by atoms with Crippen LogP contribution in [0.3, 0.4) is 0 Å². The van der Waals surface area contributed by atoms with Gasteiger partial charge in [0.1, 0.15) is 0 Å². The molecular weight excluding hydrogens is 186 g/mol. The monoisotopic (exact) mass is 193 g/mol. The maximum Gasteiger partial charge on any atom is 0.309 e. The van der Waals surface area contributed by atoms with Gasteiger partial charge in [0, 0.05) is 6.92 Å². The fraction of sp³-hybridized carbons (Fsp3) is 0.111. The molecule has 0 unspecified atom stereocenters. The smallest absolute Gasteiger partial charge is 0.309 e. The predicted molar refractivity (Wildman–Crippen MR) is 50.9 cm³/mol. The first-order valence-corrected chi connectivity index (χ1v) is 4.61. The van der Waals surface area contributed by atoms with Crippen molar-refractivity contribution < 1.29 is 9.53 Å². The highest BCUT2D eigenvalue weighted by Crippen LogP contribution is 2.27. The molecule has 66 valence electrons. The molecule has 2 aromatic rings. The molecule has 1 aromatic carbocycles. The summed E-state index contributed by atoms with van der Waals surface area (Å²) < 4.78 is 5.89. The number of fused-ring (bicyclic) bond motifs is 1. The van der Waals surface area contributed by atoms with Gasteiger partial charge in [-0.25, -0.2) is 4.98 Å². The van der Waals surface area contributed by atoms with E-state index in [1.54, 1.807) is 0 Å². The summed E-state index contributed by atoms with van der Waals surface area (Å²) in [5.41, 5.74) is 0.865. The predicted octanol–water partition coefficient (Wildman–Crippen LogP) is 2.22. The van der Waals surface area contributed by atoms with Crippen molar-refractivity contribution in [3.05, 3.63) is 24.3 Å². The fourth-order valence-corrected chi connectivity index (χ4v) is 1.87. The van der Waals surface area contributed by atoms with Gasteiger partial charge in [-0.05, 0) is 12.1 Å². The van der Waals surface area contributed by atoms with E-state index in [0.29, 0.717) is 5.19 Å². The number of nitrogens with zero attached hydrogens (tertiary/aromatic N) is 1. The average molecular weight is 193 g/mol. The number of hydrogen-bond donors (Lipinski definition) is 0. The molecule has 1 heterocycles. The zero-order valence-electron chi connectivity index (χ0n) is 6.98. The van der Waals surface area contributed by atoms with Crippen LogP contribution in [0.15, 0.2) is 24.3 Å². The molecule has 2 rings (SSSR count). The van der Waals surface area contributed by atoms with Crippen molar-refractivity contribution in [3.8, 4) is 5.19 Å². The van der Waals surface area contributed by atoms with Gasteiger partial charge < -0.3 is 4.74 Å². The lowest BCUT2D eigenvalue weighted by Gasteiger charge is -1.90. The van der Waals surface area contributed by atoms with Crippen LogP contribution in [-0.2, 0) is 4.79 Å². The van der Waals surface area contributed by atoms with Gasteiger partial charge in [0.2, 0.25) is 0 Å². The molecule has 1 aromatic heterocycles. The number of aromatic nitrogens is 1. The molecule has 0 aliphatic heterocycles. The van der Waals surface area contributed by atoms with Crippen LogP contribution in [0.5, 0.6) is 5.19 Å². The highest BCUT2D eigenvalue weighted by Gasteiger charge is 2.05. The van der Waals surface area contributed by atoms with E-state index in [1.165, 1.54) is 18.3 Å². The minimum atomic E-state index is -0.334. The number of rotatable bonds is 1. The first-order valence-electron chi connectivity index (χ1n) is 3.80. The lowest BCUT2D eigenvalue weighted by Crippen LogP contribution is -2.00. The third-order valence-electron chi connectivity index (χ3n) is 1.51. The Kier molecular flexibility index (Phi) is 1.98. The molecule has 4 heteroatoms. The van der Waals surface area contributed by atoms with Crippen LogP contribution in [0, 0.1) is 0 Å². The Hall–Kier alpha value is -1.42. The van der Waals surface area contributed by atoms with Crippen LogP contribution in [0.1, 0.15) is 6.92 Å². The van der Waals surface area contributed by atoms with Crippen molar-refractivity contribution in [1.29, 1.82) is 0 Å². The largest absolute Gasteiger partial charge is 0.398 e. The van der Waals surface area contributed by atoms with Crippen LogP contribution >= 0.6 is 11.3 Å². The Morgan fingerprint density at radius 3 is 2.92 bits per heavy atom. The molecule has 0 saturated heterocycles. The second kappa shape index (κ2) is 3.14. The maximum absolute atomic E-state index is 10.6. The van der Waals surface area contributed by atoms with E-state index in [-0.39, 0.29) is 5.97 Å². The van der Waals surface area contributed by atoms with E-state index in [9.17, 15) is 4.79 Å². The topological polar surface area (TPSA) is 39.2 Å². The first kappa shape index (κ1) is 8.19. The molecular formula is C9H7NO2S. The minimum Gasteiger partial charge on any atom is -0.398 e. The molecule has 0 amide bonds. The van der Waals surface area contributed by atoms with E-state index in [2.05, 4.69) is 4.98 Å². The average Bonchev–Trinajstić information content (AvgIpc) is 2.44. The van der Waals surface area contributed by atoms with Gasteiger partial charge in [-0.3, -0.25) is 4.79 Å². The SMILES string of the molecule is CC(=O)Oc1nc2ccccc2s1. The van der Waals surface area contributed by atoms with E-state index >= 15 is 0 Å². The second-order valence-corrected chi connectivity index (χ2v) is 3.53. The van der Waals surface area contributed by atoms with Crippen molar-refractivity contribution in [1.82, 2.24) is 4.98 Å². The van der Waals surface area contributed by atoms with Gasteiger partial charge in [-0.15, -0.1) is 0 Å². The standard InChI is InChI=1S/C9H7NO2S/c1-6(11)12-9-10-7-4-2-3-5-8(7)13-9/h2-5H,1H3. The highest BCUT2D eigenvalue weighted by molar-refractivity contribution is 7.20. The lowest BCUT2D eigenvalue weighted by atomic mass is 10.3. The Morgan fingerprint density at radius 2 is 2.23 bits per heavy atom. The molecule has 0 radical (unpaired) electrons. The third kappa shape index (κ3) is 1.67. The number of ether oxygens (including phenoxy) is 1. The molecule has 0 bridgehead atoms. The zero-order valence-corrected chi connectivity index (χ0v) is 7.80. The van der Waals surface area contributed by atoms with Crippen molar-refractivity contribution in [2.24, 2.45) is 0 Å². The lowest BCUT2D eigenvalue weighted by molar-refractivity contribution is -0.131. The number of hydrogen-bond acceptors (Lipinski definition) is 4. The molecule has 0 N–H and O–H groups in total. The second-order valence-electron chi connectivity index (χ2n) is 2.54. The van der Waals surface area contributed by atoms with Crippen LogP contribution in [0.25, 0.3) is 10.2 Å². The number of thiazole rings is 1. The van der Waals surface area contributed by atoms with Crippen LogP contribution in [0.2, 0.25) is 0 Å². The van der Waals surface area contributed by atoms with Crippen LogP contribution in [0.4, 0.5) is 0 Å². The molecule has 0 saturated carbocycles. The normalized spacial score (nSPS) is 10.2. The Balaban J connectivity index is 2.44. The summed E-state index contributed by atoms with van der Waals surface area (Å²) in [4.78, 5) is 14.8. The Labute approximate surface area is 79.0 Å². The number of para-hydroxylation sites is 1.